The number of benzene rings is 2. The number of amides is 1. The van der Waals surface area contributed by atoms with Crippen molar-refractivity contribution in [1.82, 2.24) is 0 Å². The van der Waals surface area contributed by atoms with Crippen LogP contribution in [0, 0.1) is 10.1 Å². The number of hydrogen-bond donors (Lipinski definition) is 1. The quantitative estimate of drug-likeness (QED) is 0.339. The third kappa shape index (κ3) is 4.03. The summed E-state index contributed by atoms with van der Waals surface area (Å²) in [5.74, 6) is -0.947. The van der Waals surface area contributed by atoms with Crippen molar-refractivity contribution < 1.29 is 24.0 Å². The van der Waals surface area contributed by atoms with E-state index in [9.17, 15) is 24.8 Å². The molecule has 0 radical (unpaired) electrons. The number of hydrogen-bond acceptors (Lipinski definition) is 7. The lowest BCUT2D eigenvalue weighted by Crippen LogP contribution is -2.24. The lowest BCUT2D eigenvalue weighted by molar-refractivity contribution is -0.384. The molecule has 1 aliphatic rings. The number of anilines is 1. The smallest absolute Gasteiger partial charge is 0.337 e. The van der Waals surface area contributed by atoms with Crippen LogP contribution in [0.5, 0.6) is 0 Å². The van der Waals surface area contributed by atoms with E-state index in [1.54, 1.807) is 55.6 Å². The van der Waals surface area contributed by atoms with Crippen LogP contribution in [0.25, 0.3) is 17.4 Å². The number of para-hydroxylation sites is 2. The van der Waals surface area contributed by atoms with Gasteiger partial charge in [-0.1, -0.05) is 24.3 Å². The molecule has 10 heteroatoms. The maximum absolute atomic E-state index is 12.4. The first-order valence-electron chi connectivity index (χ1n) is 9.27. The van der Waals surface area contributed by atoms with Crippen LogP contribution in [0.1, 0.15) is 16.1 Å². The molecule has 1 amide bonds. The van der Waals surface area contributed by atoms with Gasteiger partial charge in [-0.2, -0.15) is 4.99 Å². The van der Waals surface area contributed by atoms with E-state index in [0.717, 1.165) is 11.8 Å². The Hall–Kier alpha value is -4.18. The van der Waals surface area contributed by atoms with Crippen LogP contribution in [-0.4, -0.2) is 34.1 Å². The molecule has 2 heterocycles. The van der Waals surface area contributed by atoms with Crippen molar-refractivity contribution >= 4 is 46.3 Å². The molecule has 0 spiro atoms. The van der Waals surface area contributed by atoms with Gasteiger partial charge in [0.15, 0.2) is 5.17 Å². The maximum atomic E-state index is 12.4. The van der Waals surface area contributed by atoms with E-state index >= 15 is 0 Å². The summed E-state index contributed by atoms with van der Waals surface area (Å²) in [6.07, 6.45) is 1.50. The molecule has 9 nitrogen and oxygen atoms in total. The number of thioether (sulfide) groups is 1. The van der Waals surface area contributed by atoms with Crippen molar-refractivity contribution in [2.75, 3.05) is 11.9 Å². The number of aliphatic imine (C=N–C) groups is 1. The SMILES string of the molecule is CN(C1=NC(=O)/C(=C\c2ccc(-c3ccccc3[N+](=O)[O-])o2)S1)c1ccccc1C(=O)O. The molecule has 0 saturated heterocycles. The van der Waals surface area contributed by atoms with Gasteiger partial charge in [0.1, 0.15) is 11.5 Å². The summed E-state index contributed by atoms with van der Waals surface area (Å²) < 4.78 is 5.71. The Kier molecular flexibility index (Phi) is 5.61. The summed E-state index contributed by atoms with van der Waals surface area (Å²) in [6.45, 7) is 0. The normalized spacial score (nSPS) is 14.5. The van der Waals surface area contributed by atoms with Crippen molar-refractivity contribution in [1.29, 1.82) is 0 Å². The third-order valence-corrected chi connectivity index (χ3v) is 5.72. The number of rotatable bonds is 5. The molecule has 4 rings (SSSR count). The Morgan fingerprint density at radius 3 is 2.62 bits per heavy atom. The minimum Gasteiger partial charge on any atom is -0.478 e. The number of carbonyl (C=O) groups excluding carboxylic acids is 1. The molecular formula is C22H15N3O6S. The van der Waals surface area contributed by atoms with E-state index in [4.69, 9.17) is 4.42 Å². The molecular weight excluding hydrogens is 434 g/mol. The molecule has 32 heavy (non-hydrogen) atoms. The van der Waals surface area contributed by atoms with Gasteiger partial charge < -0.3 is 14.4 Å². The number of carboxylic acid groups (broad SMARTS) is 1. The first-order valence-corrected chi connectivity index (χ1v) is 10.1. The monoisotopic (exact) mass is 449 g/mol. The van der Waals surface area contributed by atoms with Gasteiger partial charge in [0.25, 0.3) is 11.6 Å². The van der Waals surface area contributed by atoms with Crippen molar-refractivity contribution in [2.45, 2.75) is 0 Å². The fraction of sp³-hybridized carbons (Fsp3) is 0.0455. The molecule has 160 valence electrons. The molecule has 0 unspecified atom stereocenters. The minimum absolute atomic E-state index is 0.0864. The Morgan fingerprint density at radius 2 is 1.88 bits per heavy atom. The summed E-state index contributed by atoms with van der Waals surface area (Å²) in [6, 6.07) is 15.8. The molecule has 0 bridgehead atoms. The zero-order valence-electron chi connectivity index (χ0n) is 16.6. The summed E-state index contributed by atoms with van der Waals surface area (Å²) in [7, 11) is 1.63. The average molecular weight is 449 g/mol. The molecule has 0 saturated carbocycles. The lowest BCUT2D eigenvalue weighted by atomic mass is 10.1. The fourth-order valence-electron chi connectivity index (χ4n) is 3.14. The molecule has 1 aliphatic heterocycles. The van der Waals surface area contributed by atoms with E-state index in [0.29, 0.717) is 27.9 Å². The predicted molar refractivity (Wildman–Crippen MR) is 121 cm³/mol. The Labute approximate surface area is 185 Å². The van der Waals surface area contributed by atoms with Gasteiger partial charge in [0, 0.05) is 19.2 Å². The fourth-order valence-corrected chi connectivity index (χ4v) is 4.01. The highest BCUT2D eigenvalue weighted by Crippen LogP contribution is 2.35. The average Bonchev–Trinajstić information content (AvgIpc) is 3.40. The number of nitrogens with zero attached hydrogens (tertiary/aromatic N) is 3. The lowest BCUT2D eigenvalue weighted by Gasteiger charge is -2.19. The Bertz CT molecular complexity index is 1310. The molecule has 1 N–H and O–H groups in total. The van der Waals surface area contributed by atoms with E-state index in [1.807, 2.05) is 0 Å². The van der Waals surface area contributed by atoms with Crippen LogP contribution in [0.2, 0.25) is 0 Å². The highest BCUT2D eigenvalue weighted by molar-refractivity contribution is 8.18. The Morgan fingerprint density at radius 1 is 1.16 bits per heavy atom. The largest absolute Gasteiger partial charge is 0.478 e. The van der Waals surface area contributed by atoms with Gasteiger partial charge in [-0.25, -0.2) is 4.79 Å². The zero-order chi connectivity index (χ0) is 22.8. The van der Waals surface area contributed by atoms with Crippen molar-refractivity contribution in [3.05, 3.63) is 87.0 Å². The van der Waals surface area contributed by atoms with Gasteiger partial charge >= 0.3 is 5.97 Å². The van der Waals surface area contributed by atoms with Crippen LogP contribution in [0.4, 0.5) is 11.4 Å². The summed E-state index contributed by atoms with van der Waals surface area (Å²) in [5.41, 5.74) is 0.728. The van der Waals surface area contributed by atoms with Crippen molar-refractivity contribution in [3.8, 4) is 11.3 Å². The van der Waals surface area contributed by atoms with E-state index < -0.39 is 16.8 Å². The van der Waals surface area contributed by atoms with Gasteiger partial charge in [-0.3, -0.25) is 14.9 Å². The van der Waals surface area contributed by atoms with Crippen LogP contribution in [0.15, 0.2) is 75.0 Å². The molecule has 2 aromatic carbocycles. The highest BCUT2D eigenvalue weighted by atomic mass is 32.2. The van der Waals surface area contributed by atoms with Crippen LogP contribution in [0.3, 0.4) is 0 Å². The molecule has 3 aromatic rings. The number of amidine groups is 1. The van der Waals surface area contributed by atoms with Gasteiger partial charge in [-0.05, 0) is 42.1 Å². The molecule has 0 atom stereocenters. The van der Waals surface area contributed by atoms with Crippen molar-refractivity contribution in [2.24, 2.45) is 4.99 Å². The minimum atomic E-state index is -1.09. The Balaban J connectivity index is 1.58. The van der Waals surface area contributed by atoms with E-state index in [2.05, 4.69) is 4.99 Å². The maximum Gasteiger partial charge on any atom is 0.337 e. The highest BCUT2D eigenvalue weighted by Gasteiger charge is 2.27. The first kappa shape index (κ1) is 21.1. The molecule has 0 aliphatic carbocycles. The van der Waals surface area contributed by atoms with E-state index in [-0.39, 0.29) is 16.2 Å². The standard InChI is InChI=1S/C22H15N3O6S/c1-24(16-8-4-3-7-15(16)21(27)28)22-23-20(26)19(32-22)12-13-10-11-18(31-13)14-6-2-5-9-17(14)25(29)30/h2-12H,1H3,(H,27,28)/b19-12+. The summed E-state index contributed by atoms with van der Waals surface area (Å²) in [4.78, 5) is 40.5. The number of aromatic carboxylic acids is 1. The van der Waals surface area contributed by atoms with Crippen molar-refractivity contribution in [3.63, 3.8) is 0 Å². The van der Waals surface area contributed by atoms with Gasteiger partial charge in [-0.15, -0.1) is 0 Å². The number of carbonyl (C=O) groups is 2. The van der Waals surface area contributed by atoms with Crippen LogP contribution in [-0.2, 0) is 4.79 Å². The second kappa shape index (κ2) is 8.52. The number of carboxylic acids is 1. The number of furan rings is 1. The van der Waals surface area contributed by atoms with Gasteiger partial charge in [0.05, 0.1) is 26.6 Å². The van der Waals surface area contributed by atoms with E-state index in [1.165, 1.54) is 23.1 Å². The van der Waals surface area contributed by atoms with Crippen LogP contribution < -0.4 is 4.90 Å². The number of nitro benzene ring substituents is 1. The summed E-state index contributed by atoms with van der Waals surface area (Å²) in [5, 5.41) is 21.0. The van der Waals surface area contributed by atoms with Gasteiger partial charge in [0.2, 0.25) is 0 Å². The number of nitro groups is 1. The molecule has 0 fully saturated rings. The second-order valence-electron chi connectivity index (χ2n) is 6.67. The topological polar surface area (TPSA) is 126 Å². The predicted octanol–water partition coefficient (Wildman–Crippen LogP) is 4.66. The third-order valence-electron chi connectivity index (χ3n) is 4.66. The second-order valence-corrected chi connectivity index (χ2v) is 7.68. The van der Waals surface area contributed by atoms with Crippen LogP contribution >= 0.6 is 11.8 Å². The summed E-state index contributed by atoms with van der Waals surface area (Å²) >= 11 is 1.08. The molecule has 1 aromatic heterocycles. The first-order chi connectivity index (χ1) is 15.3. The zero-order valence-corrected chi connectivity index (χ0v) is 17.4.